The van der Waals surface area contributed by atoms with E-state index in [1.807, 2.05) is 0 Å². The van der Waals surface area contributed by atoms with Crippen LogP contribution in [0.2, 0.25) is 5.02 Å². The predicted octanol–water partition coefficient (Wildman–Crippen LogP) is 2.66. The van der Waals surface area contributed by atoms with E-state index in [4.69, 9.17) is 21.1 Å². The zero-order valence-electron chi connectivity index (χ0n) is 16.5. The molecule has 0 bridgehead atoms. The topological polar surface area (TPSA) is 97.3 Å². The van der Waals surface area contributed by atoms with Crippen LogP contribution in [0.1, 0.15) is 18.4 Å². The van der Waals surface area contributed by atoms with Crippen molar-refractivity contribution in [2.75, 3.05) is 20.8 Å². The van der Waals surface area contributed by atoms with Crippen LogP contribution in [0, 0.1) is 0 Å². The maximum Gasteiger partial charge on any atom is 0.258 e. The Bertz CT molecular complexity index is 1040. The first kappa shape index (κ1) is 22.1. The Labute approximate surface area is 180 Å². The summed E-state index contributed by atoms with van der Waals surface area (Å²) in [6.45, 7) is 0.260. The normalized spacial score (nSPS) is 17.2. The van der Waals surface area contributed by atoms with Crippen LogP contribution in [0.3, 0.4) is 0 Å². The van der Waals surface area contributed by atoms with Gasteiger partial charge in [-0.2, -0.15) is 9.41 Å². The Hall–Kier alpha value is -2.62. The minimum absolute atomic E-state index is 0.0937. The van der Waals surface area contributed by atoms with Gasteiger partial charge < -0.3 is 9.47 Å². The lowest BCUT2D eigenvalue weighted by molar-refractivity contribution is -0.124. The van der Waals surface area contributed by atoms with Crippen molar-refractivity contribution in [2.24, 2.45) is 5.10 Å². The van der Waals surface area contributed by atoms with Crippen molar-refractivity contribution in [2.45, 2.75) is 23.8 Å². The van der Waals surface area contributed by atoms with Crippen LogP contribution in [0.25, 0.3) is 0 Å². The number of methoxy groups -OCH3 is 2. The van der Waals surface area contributed by atoms with Gasteiger partial charge in [0.2, 0.25) is 10.0 Å². The fourth-order valence-corrected chi connectivity index (χ4v) is 5.07. The molecule has 0 aromatic heterocycles. The largest absolute Gasteiger partial charge is 0.493 e. The SMILES string of the molecule is COc1cccc(/C=N\NC(=O)[C@H]2CCCN2S(=O)(=O)c2ccc(Cl)cc2)c1OC. The quantitative estimate of drug-likeness (QED) is 0.515. The fourth-order valence-electron chi connectivity index (χ4n) is 3.29. The highest BCUT2D eigenvalue weighted by Gasteiger charge is 2.39. The molecule has 1 aliphatic heterocycles. The average molecular weight is 452 g/mol. The van der Waals surface area contributed by atoms with Gasteiger partial charge in [0.15, 0.2) is 11.5 Å². The molecule has 2 aromatic carbocycles. The first-order chi connectivity index (χ1) is 14.4. The average Bonchev–Trinajstić information content (AvgIpc) is 3.24. The summed E-state index contributed by atoms with van der Waals surface area (Å²) in [6, 6.07) is 10.3. The third-order valence-corrected chi connectivity index (χ3v) is 6.91. The molecular weight excluding hydrogens is 430 g/mol. The molecule has 1 heterocycles. The Morgan fingerprint density at radius 2 is 1.93 bits per heavy atom. The van der Waals surface area contributed by atoms with Crippen molar-refractivity contribution in [3.8, 4) is 11.5 Å². The van der Waals surface area contributed by atoms with E-state index in [2.05, 4.69) is 10.5 Å². The first-order valence-electron chi connectivity index (χ1n) is 9.20. The van der Waals surface area contributed by atoms with E-state index in [1.165, 1.54) is 49.0 Å². The van der Waals surface area contributed by atoms with Gasteiger partial charge in [0.05, 0.1) is 25.3 Å². The molecule has 0 saturated carbocycles. The van der Waals surface area contributed by atoms with Gasteiger partial charge in [0.25, 0.3) is 5.91 Å². The van der Waals surface area contributed by atoms with Crippen molar-refractivity contribution in [3.63, 3.8) is 0 Å². The third kappa shape index (κ3) is 4.58. The summed E-state index contributed by atoms with van der Waals surface area (Å²) in [5.74, 6) is 0.512. The summed E-state index contributed by atoms with van der Waals surface area (Å²) in [5, 5.41) is 4.41. The number of carbonyl (C=O) groups excluding carboxylic acids is 1. The number of carbonyl (C=O) groups is 1. The van der Waals surface area contributed by atoms with E-state index in [9.17, 15) is 13.2 Å². The van der Waals surface area contributed by atoms with Gasteiger partial charge in [0.1, 0.15) is 6.04 Å². The van der Waals surface area contributed by atoms with E-state index in [0.717, 1.165) is 0 Å². The molecule has 3 rings (SSSR count). The molecule has 8 nitrogen and oxygen atoms in total. The fraction of sp³-hybridized carbons (Fsp3) is 0.300. The second-order valence-corrected chi connectivity index (χ2v) is 8.87. The molecule has 0 aliphatic carbocycles. The van der Waals surface area contributed by atoms with Crippen molar-refractivity contribution in [1.82, 2.24) is 9.73 Å². The van der Waals surface area contributed by atoms with Gasteiger partial charge >= 0.3 is 0 Å². The minimum atomic E-state index is -3.82. The highest BCUT2D eigenvalue weighted by Crippen LogP contribution is 2.29. The summed E-state index contributed by atoms with van der Waals surface area (Å²) in [5.41, 5.74) is 3.04. The van der Waals surface area contributed by atoms with Crippen molar-refractivity contribution in [3.05, 3.63) is 53.1 Å². The standard InChI is InChI=1S/C20H22ClN3O5S/c1-28-18-7-3-5-14(19(18)29-2)13-22-23-20(25)17-6-4-12-24(17)30(26,27)16-10-8-15(21)9-11-16/h3,5,7-11,13,17H,4,6,12H2,1-2H3,(H,23,25)/b22-13-/t17-/m1/s1. The monoisotopic (exact) mass is 451 g/mol. The van der Waals surface area contributed by atoms with Gasteiger partial charge in [-0.05, 0) is 49.2 Å². The Morgan fingerprint density at radius 3 is 2.60 bits per heavy atom. The number of rotatable bonds is 7. The smallest absolute Gasteiger partial charge is 0.258 e. The molecule has 0 unspecified atom stereocenters. The zero-order valence-corrected chi connectivity index (χ0v) is 18.1. The molecule has 30 heavy (non-hydrogen) atoms. The number of halogens is 1. The zero-order chi connectivity index (χ0) is 21.7. The highest BCUT2D eigenvalue weighted by atomic mass is 35.5. The van der Waals surface area contributed by atoms with E-state index in [1.54, 1.807) is 18.2 Å². The van der Waals surface area contributed by atoms with Crippen molar-refractivity contribution >= 4 is 33.7 Å². The van der Waals surface area contributed by atoms with Crippen LogP contribution in [0.5, 0.6) is 11.5 Å². The molecule has 1 saturated heterocycles. The van der Waals surface area contributed by atoms with Crippen molar-refractivity contribution < 1.29 is 22.7 Å². The lowest BCUT2D eigenvalue weighted by Crippen LogP contribution is -2.44. The van der Waals surface area contributed by atoms with Crippen LogP contribution in [0.4, 0.5) is 0 Å². The molecule has 1 atom stereocenters. The first-order valence-corrected chi connectivity index (χ1v) is 11.0. The summed E-state index contributed by atoms with van der Waals surface area (Å²) in [4.78, 5) is 12.7. The molecular formula is C20H22ClN3O5S. The summed E-state index contributed by atoms with van der Waals surface area (Å²) in [6.07, 6.45) is 2.42. The van der Waals surface area contributed by atoms with E-state index >= 15 is 0 Å². The number of amides is 1. The number of ether oxygens (including phenoxy) is 2. The third-order valence-electron chi connectivity index (χ3n) is 4.74. The number of nitrogens with one attached hydrogen (secondary N) is 1. The molecule has 0 radical (unpaired) electrons. The lowest BCUT2D eigenvalue weighted by Gasteiger charge is -2.22. The van der Waals surface area contributed by atoms with Crippen LogP contribution in [-0.2, 0) is 14.8 Å². The summed E-state index contributed by atoms with van der Waals surface area (Å²) >= 11 is 5.84. The van der Waals surface area contributed by atoms with Gasteiger partial charge in [-0.3, -0.25) is 4.79 Å². The molecule has 160 valence electrons. The van der Waals surface area contributed by atoms with Crippen LogP contribution in [-0.4, -0.2) is 51.7 Å². The Morgan fingerprint density at radius 1 is 1.20 bits per heavy atom. The molecule has 2 aromatic rings. The molecule has 1 aliphatic rings. The van der Waals surface area contributed by atoms with Gasteiger partial charge in [-0.15, -0.1) is 0 Å². The van der Waals surface area contributed by atoms with Crippen molar-refractivity contribution in [1.29, 1.82) is 0 Å². The van der Waals surface area contributed by atoms with Gasteiger partial charge in [-0.1, -0.05) is 17.7 Å². The van der Waals surface area contributed by atoms with E-state index in [0.29, 0.717) is 34.9 Å². The number of nitrogens with zero attached hydrogens (tertiary/aromatic N) is 2. The number of para-hydroxylation sites is 1. The highest BCUT2D eigenvalue weighted by molar-refractivity contribution is 7.89. The molecule has 1 amide bonds. The van der Waals surface area contributed by atoms with E-state index < -0.39 is 22.0 Å². The number of hydrazone groups is 1. The molecule has 1 fully saturated rings. The van der Waals surface area contributed by atoms with Crippen LogP contribution in [0.15, 0.2) is 52.5 Å². The number of sulfonamides is 1. The van der Waals surface area contributed by atoms with E-state index in [-0.39, 0.29) is 11.4 Å². The van der Waals surface area contributed by atoms with Gasteiger partial charge in [-0.25, -0.2) is 13.8 Å². The molecule has 10 heteroatoms. The predicted molar refractivity (Wildman–Crippen MR) is 114 cm³/mol. The second-order valence-electron chi connectivity index (χ2n) is 6.54. The molecule has 0 spiro atoms. The summed E-state index contributed by atoms with van der Waals surface area (Å²) < 4.78 is 37.6. The maximum absolute atomic E-state index is 12.9. The summed E-state index contributed by atoms with van der Waals surface area (Å²) in [7, 11) is -0.791. The van der Waals surface area contributed by atoms with Crippen LogP contribution < -0.4 is 14.9 Å². The molecule has 1 N–H and O–H groups in total. The Kier molecular flexibility index (Phi) is 6.96. The minimum Gasteiger partial charge on any atom is -0.493 e. The lowest BCUT2D eigenvalue weighted by atomic mass is 10.2. The van der Waals surface area contributed by atoms with Gasteiger partial charge in [0, 0.05) is 17.1 Å². The Balaban J connectivity index is 1.74. The van der Waals surface area contributed by atoms with Crippen LogP contribution >= 0.6 is 11.6 Å². The second kappa shape index (κ2) is 9.46. The number of benzene rings is 2. The number of hydrogen-bond donors (Lipinski definition) is 1. The number of hydrogen-bond acceptors (Lipinski definition) is 6. The maximum atomic E-state index is 12.9.